The molecule has 0 radical (unpaired) electrons. The maximum Gasteiger partial charge on any atom is 0.144 e. The van der Waals surface area contributed by atoms with Crippen molar-refractivity contribution in [1.29, 1.82) is 0 Å². The number of nitrogens with one attached hydrogen (secondary N) is 1. The molecule has 1 N–H and O–H groups in total. The fourth-order valence-electron chi connectivity index (χ4n) is 2.33. The van der Waals surface area contributed by atoms with Gasteiger partial charge < -0.3 is 10.1 Å². The Labute approximate surface area is 112 Å². The molecule has 1 aliphatic heterocycles. The van der Waals surface area contributed by atoms with Crippen LogP contribution in [-0.4, -0.2) is 12.6 Å². The van der Waals surface area contributed by atoms with E-state index in [1.165, 1.54) is 0 Å². The van der Waals surface area contributed by atoms with E-state index in [4.69, 9.17) is 27.9 Å². The normalized spacial score (nSPS) is 22.4. The maximum atomic E-state index is 6.26. The highest BCUT2D eigenvalue weighted by Gasteiger charge is 2.36. The summed E-state index contributed by atoms with van der Waals surface area (Å²) in [5, 5.41) is 4.81. The monoisotopic (exact) mass is 273 g/mol. The van der Waals surface area contributed by atoms with Crippen molar-refractivity contribution < 1.29 is 4.74 Å². The van der Waals surface area contributed by atoms with Crippen LogP contribution in [0.25, 0.3) is 0 Å². The lowest BCUT2D eigenvalue weighted by molar-refractivity contribution is 0.179. The first-order valence-corrected chi connectivity index (χ1v) is 6.82. The highest BCUT2D eigenvalue weighted by atomic mass is 35.5. The summed E-state index contributed by atoms with van der Waals surface area (Å²) >= 11 is 12.4. The lowest BCUT2D eigenvalue weighted by atomic mass is 10.0. The third-order valence-electron chi connectivity index (χ3n) is 3.04. The molecule has 0 aromatic heterocycles. The molecule has 2 atom stereocenters. The molecule has 2 nitrogen and oxygen atoms in total. The van der Waals surface area contributed by atoms with E-state index in [1.807, 2.05) is 6.07 Å². The molecule has 0 bridgehead atoms. The highest BCUT2D eigenvalue weighted by Crippen LogP contribution is 2.46. The molecular weight excluding hydrogens is 257 g/mol. The maximum absolute atomic E-state index is 6.26. The lowest BCUT2D eigenvalue weighted by Gasteiger charge is -2.19. The summed E-state index contributed by atoms with van der Waals surface area (Å²) in [6.07, 6.45) is 2.21. The van der Waals surface area contributed by atoms with Gasteiger partial charge in [0.25, 0.3) is 0 Å². The molecule has 2 rings (SSSR count). The second-order valence-electron chi connectivity index (χ2n) is 4.25. The molecule has 17 heavy (non-hydrogen) atoms. The van der Waals surface area contributed by atoms with E-state index in [0.717, 1.165) is 35.7 Å². The van der Waals surface area contributed by atoms with Crippen LogP contribution in [0.5, 0.6) is 5.75 Å². The van der Waals surface area contributed by atoms with Gasteiger partial charge in [0.05, 0.1) is 11.1 Å². The van der Waals surface area contributed by atoms with Gasteiger partial charge in [0.2, 0.25) is 0 Å². The molecule has 4 heteroatoms. The number of hydrogen-bond acceptors (Lipinski definition) is 2. The summed E-state index contributed by atoms with van der Waals surface area (Å²) in [6, 6.07) is 3.78. The van der Waals surface area contributed by atoms with Crippen LogP contribution in [0.2, 0.25) is 10.0 Å². The van der Waals surface area contributed by atoms with Gasteiger partial charge in [0.15, 0.2) is 0 Å². The summed E-state index contributed by atoms with van der Waals surface area (Å²) in [4.78, 5) is 0. The minimum absolute atomic E-state index is 0.132. The van der Waals surface area contributed by atoms with Gasteiger partial charge in [0.1, 0.15) is 11.9 Å². The van der Waals surface area contributed by atoms with Gasteiger partial charge in [-0.1, -0.05) is 43.5 Å². The first-order chi connectivity index (χ1) is 8.19. The smallest absolute Gasteiger partial charge is 0.144 e. The second kappa shape index (κ2) is 5.47. The molecule has 0 saturated carbocycles. The fourth-order valence-corrected chi connectivity index (χ4v) is 2.80. The third-order valence-corrected chi connectivity index (χ3v) is 3.67. The Morgan fingerprint density at radius 3 is 2.59 bits per heavy atom. The standard InChI is InChI=1S/C13H17Cl2NO/c1-3-5-10-12(16-4-2)11-8(14)6-7-9(15)13(11)17-10/h6-7,10,12,16H,3-5H2,1-2H3. The van der Waals surface area contributed by atoms with E-state index in [9.17, 15) is 0 Å². The van der Waals surface area contributed by atoms with Crippen molar-refractivity contribution in [3.63, 3.8) is 0 Å². The average Bonchev–Trinajstić information content (AvgIpc) is 2.66. The Balaban J connectivity index is 2.39. The molecule has 0 spiro atoms. The first-order valence-electron chi connectivity index (χ1n) is 6.07. The Morgan fingerprint density at radius 2 is 1.94 bits per heavy atom. The third kappa shape index (κ3) is 2.40. The topological polar surface area (TPSA) is 21.3 Å². The van der Waals surface area contributed by atoms with Gasteiger partial charge in [-0.05, 0) is 25.1 Å². The van der Waals surface area contributed by atoms with Crippen LogP contribution >= 0.6 is 23.2 Å². The van der Waals surface area contributed by atoms with Crippen LogP contribution in [0.1, 0.15) is 38.3 Å². The number of hydrogen-bond donors (Lipinski definition) is 1. The van der Waals surface area contributed by atoms with Crippen LogP contribution in [0.3, 0.4) is 0 Å². The van der Waals surface area contributed by atoms with Crippen molar-refractivity contribution in [2.45, 2.75) is 38.8 Å². The van der Waals surface area contributed by atoms with E-state index in [-0.39, 0.29) is 12.1 Å². The van der Waals surface area contributed by atoms with Gasteiger partial charge in [-0.25, -0.2) is 0 Å². The molecule has 1 aromatic carbocycles. The number of benzene rings is 1. The largest absolute Gasteiger partial charge is 0.486 e. The average molecular weight is 274 g/mol. The zero-order valence-corrected chi connectivity index (χ0v) is 11.6. The van der Waals surface area contributed by atoms with Gasteiger partial charge in [-0.2, -0.15) is 0 Å². The van der Waals surface area contributed by atoms with Gasteiger partial charge in [0, 0.05) is 10.6 Å². The zero-order valence-electron chi connectivity index (χ0n) is 10.1. The minimum atomic E-state index is 0.132. The SMILES string of the molecule is CCCC1Oc2c(Cl)ccc(Cl)c2C1NCC. The van der Waals surface area contributed by atoms with Crippen LogP contribution in [0, 0.1) is 0 Å². The van der Waals surface area contributed by atoms with Crippen molar-refractivity contribution in [1.82, 2.24) is 5.32 Å². The van der Waals surface area contributed by atoms with Gasteiger partial charge in [-0.15, -0.1) is 0 Å². The number of likely N-dealkylation sites (N-methyl/N-ethyl adjacent to an activating group) is 1. The highest BCUT2D eigenvalue weighted by molar-refractivity contribution is 6.35. The predicted octanol–water partition coefficient (Wildman–Crippen LogP) is 4.21. The number of ether oxygens (including phenoxy) is 1. The second-order valence-corrected chi connectivity index (χ2v) is 5.07. The molecule has 1 aromatic rings. The molecule has 0 saturated heterocycles. The van der Waals surface area contributed by atoms with Crippen molar-refractivity contribution in [2.24, 2.45) is 0 Å². The molecular formula is C13H17Cl2NO. The van der Waals surface area contributed by atoms with E-state index in [1.54, 1.807) is 6.07 Å². The molecule has 0 amide bonds. The van der Waals surface area contributed by atoms with Gasteiger partial charge >= 0.3 is 0 Å². The van der Waals surface area contributed by atoms with Crippen LogP contribution in [0.4, 0.5) is 0 Å². The summed E-state index contributed by atoms with van der Waals surface area (Å²) in [7, 11) is 0. The molecule has 94 valence electrons. The van der Waals surface area contributed by atoms with Crippen LogP contribution in [0.15, 0.2) is 12.1 Å². The quantitative estimate of drug-likeness (QED) is 0.888. The molecule has 2 unspecified atom stereocenters. The number of fused-ring (bicyclic) bond motifs is 1. The summed E-state index contributed by atoms with van der Waals surface area (Å²) in [5.74, 6) is 0.753. The van der Waals surface area contributed by atoms with E-state index >= 15 is 0 Å². The van der Waals surface area contributed by atoms with Crippen LogP contribution in [-0.2, 0) is 0 Å². The Hall–Kier alpha value is -0.440. The minimum Gasteiger partial charge on any atom is -0.486 e. The summed E-state index contributed by atoms with van der Waals surface area (Å²) in [6.45, 7) is 5.12. The molecule has 0 aliphatic carbocycles. The predicted molar refractivity (Wildman–Crippen MR) is 72.2 cm³/mol. The van der Waals surface area contributed by atoms with Crippen molar-refractivity contribution in [2.75, 3.05) is 6.54 Å². The summed E-state index contributed by atoms with van der Waals surface area (Å²) < 4.78 is 5.95. The van der Waals surface area contributed by atoms with Gasteiger partial charge in [-0.3, -0.25) is 0 Å². The number of rotatable bonds is 4. The lowest BCUT2D eigenvalue weighted by Crippen LogP contribution is -2.30. The fraction of sp³-hybridized carbons (Fsp3) is 0.538. The van der Waals surface area contributed by atoms with Crippen molar-refractivity contribution in [3.8, 4) is 5.75 Å². The van der Waals surface area contributed by atoms with E-state index in [2.05, 4.69) is 19.2 Å². The van der Waals surface area contributed by atoms with E-state index < -0.39 is 0 Å². The Morgan fingerprint density at radius 1 is 1.24 bits per heavy atom. The van der Waals surface area contributed by atoms with E-state index in [0.29, 0.717) is 5.02 Å². The molecule has 1 aliphatic rings. The molecule has 0 fully saturated rings. The Bertz CT molecular complexity index is 409. The van der Waals surface area contributed by atoms with Crippen molar-refractivity contribution in [3.05, 3.63) is 27.7 Å². The number of halogens is 2. The van der Waals surface area contributed by atoms with Crippen LogP contribution < -0.4 is 10.1 Å². The van der Waals surface area contributed by atoms with Crippen molar-refractivity contribution >= 4 is 23.2 Å². The molecule has 1 heterocycles. The zero-order chi connectivity index (χ0) is 12.4. The first kappa shape index (κ1) is 13.0. The summed E-state index contributed by atoms with van der Waals surface area (Å²) in [5.41, 5.74) is 1.01. The Kier molecular flexibility index (Phi) is 4.18.